The van der Waals surface area contributed by atoms with E-state index >= 15 is 0 Å². The van der Waals surface area contributed by atoms with E-state index in [1.165, 1.54) is 25.9 Å². The van der Waals surface area contributed by atoms with Crippen LogP contribution in [0.4, 0.5) is 0 Å². The first-order valence-corrected chi connectivity index (χ1v) is 8.50. The highest BCUT2D eigenvalue weighted by Gasteiger charge is 2.30. The van der Waals surface area contributed by atoms with Gasteiger partial charge in [0.05, 0.1) is 6.10 Å². The number of hydrogen-bond acceptors (Lipinski definition) is 3. The highest BCUT2D eigenvalue weighted by molar-refractivity contribution is 4.88. The fourth-order valence-electron chi connectivity index (χ4n) is 2.95. The van der Waals surface area contributed by atoms with Crippen molar-refractivity contribution >= 4 is 0 Å². The summed E-state index contributed by atoms with van der Waals surface area (Å²) in [5.41, 5.74) is 0. The Morgan fingerprint density at radius 2 is 1.75 bits per heavy atom. The Bertz CT molecular complexity index is 253. The Morgan fingerprint density at radius 1 is 1.05 bits per heavy atom. The van der Waals surface area contributed by atoms with Crippen molar-refractivity contribution in [1.29, 1.82) is 0 Å². The molecule has 3 heteroatoms. The monoisotopic (exact) mass is 284 g/mol. The van der Waals surface area contributed by atoms with Gasteiger partial charge in [0.15, 0.2) is 0 Å². The minimum absolute atomic E-state index is 0.364. The zero-order valence-corrected chi connectivity index (χ0v) is 14.5. The van der Waals surface area contributed by atoms with Crippen LogP contribution in [0.2, 0.25) is 0 Å². The summed E-state index contributed by atoms with van der Waals surface area (Å²) in [5, 5.41) is 3.73. The largest absolute Gasteiger partial charge is 0.379 e. The van der Waals surface area contributed by atoms with E-state index in [1.54, 1.807) is 0 Å². The molecule has 0 amide bonds. The molecule has 120 valence electrons. The molecule has 1 aliphatic heterocycles. The maximum Gasteiger partial charge on any atom is 0.0518 e. The Morgan fingerprint density at radius 3 is 2.30 bits per heavy atom. The second-order valence-electron chi connectivity index (χ2n) is 7.19. The lowest BCUT2D eigenvalue weighted by atomic mass is 9.94. The fourth-order valence-corrected chi connectivity index (χ4v) is 2.95. The first-order chi connectivity index (χ1) is 9.41. The predicted octanol–water partition coefficient (Wildman–Crippen LogP) is 3.15. The first-order valence-electron chi connectivity index (χ1n) is 8.50. The van der Waals surface area contributed by atoms with E-state index in [1.807, 2.05) is 0 Å². The molecule has 0 aliphatic carbocycles. The molecule has 1 N–H and O–H groups in total. The lowest BCUT2D eigenvalue weighted by Crippen LogP contribution is -2.59. The number of nitrogens with one attached hydrogen (secondary N) is 1. The number of hydrogen-bond donors (Lipinski definition) is 1. The minimum Gasteiger partial charge on any atom is -0.379 e. The number of rotatable bonds is 8. The summed E-state index contributed by atoms with van der Waals surface area (Å²) >= 11 is 0. The molecule has 2 unspecified atom stereocenters. The summed E-state index contributed by atoms with van der Waals surface area (Å²) < 4.78 is 5.63. The van der Waals surface area contributed by atoms with Gasteiger partial charge in [0.1, 0.15) is 0 Å². The number of unbranched alkanes of at least 4 members (excludes halogenated alkanes) is 1. The normalized spacial score (nSPS) is 25.1. The van der Waals surface area contributed by atoms with Crippen LogP contribution in [0.3, 0.4) is 0 Å². The lowest BCUT2D eigenvalue weighted by Gasteiger charge is -2.43. The summed E-state index contributed by atoms with van der Waals surface area (Å²) in [7, 11) is 0. The molecule has 0 radical (unpaired) electrons. The summed E-state index contributed by atoms with van der Waals surface area (Å²) in [5.74, 6) is 1.44. The van der Waals surface area contributed by atoms with Gasteiger partial charge in [0.2, 0.25) is 0 Å². The van der Waals surface area contributed by atoms with Crippen LogP contribution >= 0.6 is 0 Å². The molecular formula is C17H36N2O. The molecule has 0 bridgehead atoms. The van der Waals surface area contributed by atoms with Crippen LogP contribution in [0.1, 0.15) is 54.4 Å². The van der Waals surface area contributed by atoms with Crippen molar-refractivity contribution in [2.24, 2.45) is 11.8 Å². The molecule has 1 aliphatic rings. The maximum atomic E-state index is 5.63. The van der Waals surface area contributed by atoms with E-state index in [0.29, 0.717) is 18.2 Å². The minimum atomic E-state index is 0.364. The Hall–Kier alpha value is -0.120. The van der Waals surface area contributed by atoms with Crippen molar-refractivity contribution in [2.45, 2.75) is 72.6 Å². The third-order valence-corrected chi connectivity index (χ3v) is 4.35. The van der Waals surface area contributed by atoms with Crippen molar-refractivity contribution in [1.82, 2.24) is 10.2 Å². The van der Waals surface area contributed by atoms with Crippen LogP contribution in [-0.4, -0.2) is 49.3 Å². The van der Waals surface area contributed by atoms with Crippen LogP contribution in [-0.2, 0) is 4.74 Å². The summed E-state index contributed by atoms with van der Waals surface area (Å²) in [6.45, 7) is 18.0. The first kappa shape index (κ1) is 17.9. The molecule has 0 aromatic heterocycles. The van der Waals surface area contributed by atoms with E-state index in [0.717, 1.165) is 25.0 Å². The number of nitrogens with zero attached hydrogens (tertiary/aromatic N) is 1. The third-order valence-electron chi connectivity index (χ3n) is 4.35. The summed E-state index contributed by atoms with van der Waals surface area (Å²) in [4.78, 5) is 2.71. The molecule has 20 heavy (non-hydrogen) atoms. The Balaban J connectivity index is 2.36. The van der Waals surface area contributed by atoms with E-state index < -0.39 is 0 Å². The second-order valence-corrected chi connectivity index (χ2v) is 7.19. The summed E-state index contributed by atoms with van der Waals surface area (Å²) in [6.07, 6.45) is 2.79. The van der Waals surface area contributed by atoms with Gasteiger partial charge in [0.25, 0.3) is 0 Å². The standard InChI is InChI=1S/C17H36N2O/c1-13(2)16-12-19(17(11-18-16)14(3)4)9-7-8-10-20-15(5)6/h13-18H,7-12H2,1-6H3. The number of ether oxygens (including phenoxy) is 1. The van der Waals surface area contributed by atoms with Crippen LogP contribution in [0.5, 0.6) is 0 Å². The van der Waals surface area contributed by atoms with Gasteiger partial charge < -0.3 is 10.1 Å². The van der Waals surface area contributed by atoms with Crippen LogP contribution in [0.25, 0.3) is 0 Å². The smallest absolute Gasteiger partial charge is 0.0518 e. The van der Waals surface area contributed by atoms with Gasteiger partial charge in [-0.05, 0) is 45.1 Å². The molecule has 1 rings (SSSR count). The molecule has 1 saturated heterocycles. The second kappa shape index (κ2) is 9.01. The van der Waals surface area contributed by atoms with E-state index in [-0.39, 0.29) is 0 Å². The topological polar surface area (TPSA) is 24.5 Å². The fraction of sp³-hybridized carbons (Fsp3) is 1.00. The van der Waals surface area contributed by atoms with Gasteiger partial charge in [-0.3, -0.25) is 4.90 Å². The van der Waals surface area contributed by atoms with Crippen molar-refractivity contribution in [3.8, 4) is 0 Å². The zero-order chi connectivity index (χ0) is 15.1. The molecule has 0 aromatic carbocycles. The van der Waals surface area contributed by atoms with Gasteiger partial charge in [-0.1, -0.05) is 27.7 Å². The SMILES string of the molecule is CC(C)OCCCCN1CC(C(C)C)NCC1C(C)C. The van der Waals surface area contributed by atoms with E-state index in [4.69, 9.17) is 4.74 Å². The van der Waals surface area contributed by atoms with Crippen LogP contribution < -0.4 is 5.32 Å². The molecule has 0 aromatic rings. The average Bonchev–Trinajstić information content (AvgIpc) is 2.37. The van der Waals surface area contributed by atoms with Gasteiger partial charge >= 0.3 is 0 Å². The van der Waals surface area contributed by atoms with Gasteiger partial charge in [-0.2, -0.15) is 0 Å². The number of piperazine rings is 1. The van der Waals surface area contributed by atoms with Gasteiger partial charge in [0, 0.05) is 31.8 Å². The lowest BCUT2D eigenvalue weighted by molar-refractivity contribution is 0.0620. The molecule has 2 atom stereocenters. The van der Waals surface area contributed by atoms with Crippen molar-refractivity contribution in [2.75, 3.05) is 26.2 Å². The van der Waals surface area contributed by atoms with Crippen molar-refractivity contribution in [3.05, 3.63) is 0 Å². The molecule has 1 fully saturated rings. The highest BCUT2D eigenvalue weighted by atomic mass is 16.5. The van der Waals surface area contributed by atoms with Crippen LogP contribution in [0.15, 0.2) is 0 Å². The molecule has 0 saturated carbocycles. The van der Waals surface area contributed by atoms with Crippen molar-refractivity contribution in [3.63, 3.8) is 0 Å². The molecule has 1 heterocycles. The third kappa shape index (κ3) is 6.11. The molecular weight excluding hydrogens is 248 g/mol. The molecule has 3 nitrogen and oxygen atoms in total. The predicted molar refractivity (Wildman–Crippen MR) is 87.1 cm³/mol. The maximum absolute atomic E-state index is 5.63. The Kier molecular flexibility index (Phi) is 8.08. The Labute approximate surface area is 126 Å². The van der Waals surface area contributed by atoms with E-state index in [2.05, 4.69) is 51.8 Å². The zero-order valence-electron chi connectivity index (χ0n) is 14.5. The van der Waals surface area contributed by atoms with E-state index in [9.17, 15) is 0 Å². The van der Waals surface area contributed by atoms with Gasteiger partial charge in [-0.25, -0.2) is 0 Å². The average molecular weight is 284 g/mol. The van der Waals surface area contributed by atoms with Gasteiger partial charge in [-0.15, -0.1) is 0 Å². The van der Waals surface area contributed by atoms with Crippen molar-refractivity contribution < 1.29 is 4.74 Å². The molecule has 0 spiro atoms. The summed E-state index contributed by atoms with van der Waals surface area (Å²) in [6, 6.07) is 1.34. The van der Waals surface area contributed by atoms with Crippen LogP contribution in [0, 0.1) is 11.8 Å². The highest BCUT2D eigenvalue weighted by Crippen LogP contribution is 2.18. The quantitative estimate of drug-likeness (QED) is 0.693.